The molecule has 0 aromatic carbocycles. The monoisotopic (exact) mass is 117 g/mol. The van der Waals surface area contributed by atoms with E-state index >= 15 is 0 Å². The molecule has 2 rings (SSSR count). The van der Waals surface area contributed by atoms with Crippen molar-refractivity contribution in [3.63, 3.8) is 0 Å². The molecule has 0 bridgehead atoms. The molecule has 1 nitrogen and oxygen atoms in total. The summed E-state index contributed by atoms with van der Waals surface area (Å²) in [5.41, 5.74) is 2.41. The Balaban J connectivity index is 2.54. The molecule has 0 N–H and O–H groups in total. The minimum atomic E-state index is 1.05. The highest BCUT2D eigenvalue weighted by Crippen LogP contribution is 2.19. The minimum absolute atomic E-state index is 1.05. The Hall–Kier alpha value is -0.850. The van der Waals surface area contributed by atoms with E-state index in [4.69, 9.17) is 0 Å². The largest absolute Gasteiger partial charge is 0.260 e. The average molecular weight is 117 g/mol. The highest BCUT2D eigenvalue weighted by Gasteiger charge is 2.10. The van der Waals surface area contributed by atoms with Crippen molar-refractivity contribution in [3.8, 4) is 0 Å². The Kier molecular flexibility index (Phi) is 1.01. The van der Waals surface area contributed by atoms with Crippen LogP contribution in [0.15, 0.2) is 18.3 Å². The van der Waals surface area contributed by atoms with E-state index in [0.29, 0.717) is 0 Å². The van der Waals surface area contributed by atoms with Gasteiger partial charge in [-0.2, -0.15) is 0 Å². The van der Waals surface area contributed by atoms with Crippen LogP contribution in [0.3, 0.4) is 0 Å². The normalized spacial score (nSPS) is 15.6. The zero-order valence-electron chi connectivity index (χ0n) is 5.09. The number of hydrogen-bond acceptors (Lipinski definition) is 1. The number of hydrogen-bond donors (Lipinski definition) is 0. The topological polar surface area (TPSA) is 12.9 Å². The van der Waals surface area contributed by atoms with Crippen LogP contribution in [-0.4, -0.2) is 4.98 Å². The molecule has 0 atom stereocenters. The predicted octanol–water partition coefficient (Wildman–Crippen LogP) is 1.46. The average Bonchev–Trinajstić information content (AvgIpc) is 2.33. The number of aromatic nitrogens is 1. The van der Waals surface area contributed by atoms with Crippen LogP contribution in [0.4, 0.5) is 0 Å². The summed E-state index contributed by atoms with van der Waals surface area (Å²) in [7, 11) is 0. The maximum atomic E-state index is 4.15. The van der Waals surface area contributed by atoms with Gasteiger partial charge in [-0.25, -0.2) is 0 Å². The summed E-state index contributed by atoms with van der Waals surface area (Å²) in [5.74, 6) is 0. The number of nitrogens with zero attached hydrogens (tertiary/aromatic N) is 1. The fraction of sp³-hybridized carbons (Fsp3) is 0.250. The van der Waals surface area contributed by atoms with Gasteiger partial charge in [0.1, 0.15) is 0 Å². The summed E-state index contributed by atoms with van der Waals surface area (Å²) in [4.78, 5) is 4.15. The Morgan fingerprint density at radius 2 is 2.56 bits per heavy atom. The molecule has 0 aliphatic heterocycles. The van der Waals surface area contributed by atoms with Crippen molar-refractivity contribution >= 4 is 0 Å². The maximum Gasteiger partial charge on any atom is 0.0517 e. The van der Waals surface area contributed by atoms with E-state index in [1.807, 2.05) is 12.3 Å². The van der Waals surface area contributed by atoms with Crippen LogP contribution in [-0.2, 0) is 6.42 Å². The van der Waals surface area contributed by atoms with Crippen molar-refractivity contribution in [2.75, 3.05) is 0 Å². The first-order valence-electron chi connectivity index (χ1n) is 3.14. The van der Waals surface area contributed by atoms with Gasteiger partial charge in [0.05, 0.1) is 5.69 Å². The third-order valence-electron chi connectivity index (χ3n) is 1.58. The highest BCUT2D eigenvalue weighted by molar-refractivity contribution is 5.30. The molecule has 9 heavy (non-hydrogen) atoms. The van der Waals surface area contributed by atoms with E-state index in [-0.39, 0.29) is 0 Å². The van der Waals surface area contributed by atoms with Crippen LogP contribution in [0.5, 0.6) is 0 Å². The zero-order chi connectivity index (χ0) is 6.10. The predicted molar refractivity (Wildman–Crippen MR) is 34.9 cm³/mol. The van der Waals surface area contributed by atoms with Crippen molar-refractivity contribution < 1.29 is 0 Å². The first-order chi connectivity index (χ1) is 4.47. The van der Waals surface area contributed by atoms with Crippen molar-refractivity contribution in [2.45, 2.75) is 12.8 Å². The Morgan fingerprint density at radius 3 is 3.44 bits per heavy atom. The molecule has 0 saturated carbocycles. The standard InChI is InChI=1S/C8H7N/c1-3-7-4-2-6-9-8(7)5-1/h2,4,6H,1,3H2. The number of aryl methyl sites for hydroxylation is 1. The first kappa shape index (κ1) is 4.98. The molecule has 1 aromatic rings. The van der Waals surface area contributed by atoms with Crippen LogP contribution in [0.2, 0.25) is 0 Å². The minimum Gasteiger partial charge on any atom is -0.260 e. The Morgan fingerprint density at radius 1 is 1.56 bits per heavy atom. The molecule has 0 unspecified atom stereocenters. The van der Waals surface area contributed by atoms with Gasteiger partial charge in [-0.3, -0.25) is 4.98 Å². The van der Waals surface area contributed by atoms with Gasteiger partial charge in [-0.05, 0) is 24.5 Å². The molecule has 0 fully saturated rings. The van der Waals surface area contributed by atoms with Crippen LogP contribution >= 0.6 is 0 Å². The van der Waals surface area contributed by atoms with E-state index in [1.54, 1.807) is 0 Å². The Labute approximate surface area is 54.7 Å². The summed E-state index contributed by atoms with van der Waals surface area (Å²) in [6.45, 7) is 0. The quantitative estimate of drug-likeness (QED) is 0.501. The van der Waals surface area contributed by atoms with Gasteiger partial charge in [0.15, 0.2) is 0 Å². The van der Waals surface area contributed by atoms with Crippen molar-refractivity contribution in [3.05, 3.63) is 36.0 Å². The van der Waals surface area contributed by atoms with E-state index in [0.717, 1.165) is 18.5 Å². The maximum absolute atomic E-state index is 4.15. The van der Waals surface area contributed by atoms with Crippen LogP contribution in [0.1, 0.15) is 17.7 Å². The number of rotatable bonds is 0. The van der Waals surface area contributed by atoms with Gasteiger partial charge in [0.25, 0.3) is 0 Å². The summed E-state index contributed by atoms with van der Waals surface area (Å²) in [6.07, 6.45) is 7.18. The van der Waals surface area contributed by atoms with Crippen molar-refractivity contribution in [1.82, 2.24) is 4.98 Å². The third kappa shape index (κ3) is 0.727. The summed E-state index contributed by atoms with van der Waals surface area (Å²) >= 11 is 0. The van der Waals surface area contributed by atoms with E-state index in [2.05, 4.69) is 17.5 Å². The molecular weight excluding hydrogens is 110 g/mol. The van der Waals surface area contributed by atoms with Crippen LogP contribution in [0, 0.1) is 6.42 Å². The van der Waals surface area contributed by atoms with Gasteiger partial charge < -0.3 is 0 Å². The second-order valence-electron chi connectivity index (χ2n) is 2.19. The molecule has 2 radical (unpaired) electrons. The van der Waals surface area contributed by atoms with Crippen LogP contribution in [0.25, 0.3) is 0 Å². The summed E-state index contributed by atoms with van der Waals surface area (Å²) in [6, 6.07) is 4.09. The first-order valence-corrected chi connectivity index (χ1v) is 3.14. The SMILES string of the molecule is [C]1CCc2cccnc21. The van der Waals surface area contributed by atoms with Gasteiger partial charge >= 0.3 is 0 Å². The molecule has 0 amide bonds. The van der Waals surface area contributed by atoms with Crippen LogP contribution < -0.4 is 0 Å². The zero-order valence-corrected chi connectivity index (χ0v) is 5.09. The molecular formula is C8H7N. The van der Waals surface area contributed by atoms with Gasteiger partial charge in [0, 0.05) is 12.6 Å². The molecule has 1 heteroatoms. The van der Waals surface area contributed by atoms with Crippen molar-refractivity contribution in [2.24, 2.45) is 0 Å². The summed E-state index contributed by atoms with van der Waals surface area (Å²) < 4.78 is 0. The van der Waals surface area contributed by atoms with E-state index < -0.39 is 0 Å². The second kappa shape index (κ2) is 1.83. The van der Waals surface area contributed by atoms with Gasteiger partial charge in [-0.15, -0.1) is 0 Å². The molecule has 1 aliphatic rings. The molecule has 0 saturated heterocycles. The molecule has 0 spiro atoms. The third-order valence-corrected chi connectivity index (χ3v) is 1.58. The molecule has 1 heterocycles. The van der Waals surface area contributed by atoms with E-state index in [9.17, 15) is 0 Å². The second-order valence-corrected chi connectivity index (χ2v) is 2.19. The lowest BCUT2D eigenvalue weighted by Gasteiger charge is -1.91. The molecule has 1 aliphatic carbocycles. The highest BCUT2D eigenvalue weighted by atomic mass is 14.7. The smallest absolute Gasteiger partial charge is 0.0517 e. The Bertz CT molecular complexity index is 195. The van der Waals surface area contributed by atoms with Gasteiger partial charge in [0.2, 0.25) is 0 Å². The number of pyridine rings is 1. The lowest BCUT2D eigenvalue weighted by molar-refractivity contribution is 1.03. The molecule has 44 valence electrons. The fourth-order valence-electron chi connectivity index (χ4n) is 1.12. The van der Waals surface area contributed by atoms with E-state index in [1.165, 1.54) is 5.56 Å². The lowest BCUT2D eigenvalue weighted by Crippen LogP contribution is -1.82. The lowest BCUT2D eigenvalue weighted by atomic mass is 10.2. The fourth-order valence-corrected chi connectivity index (χ4v) is 1.12. The number of fused-ring (bicyclic) bond motifs is 1. The van der Waals surface area contributed by atoms with Gasteiger partial charge in [-0.1, -0.05) is 6.07 Å². The van der Waals surface area contributed by atoms with Crippen molar-refractivity contribution in [1.29, 1.82) is 0 Å². The molecule has 1 aromatic heterocycles. The summed E-state index contributed by atoms with van der Waals surface area (Å²) in [5, 5.41) is 0.